The average Bonchev–Trinajstić information content (AvgIpc) is 3.04. The topological polar surface area (TPSA) is 6.48 Å². The molecule has 0 bridgehead atoms. The number of unbranched alkanes of at least 4 members (excludes halogenated alkanes) is 8. The number of hydrogen-bond donors (Lipinski definition) is 0. The van der Waals surface area contributed by atoms with Crippen molar-refractivity contribution in [2.45, 2.75) is 91.3 Å². The van der Waals surface area contributed by atoms with E-state index in [-0.39, 0.29) is 0 Å². The van der Waals surface area contributed by atoms with Gasteiger partial charge in [0.15, 0.2) is 0 Å². The van der Waals surface area contributed by atoms with Crippen LogP contribution in [-0.4, -0.2) is 22.5 Å². The first-order valence-electron chi connectivity index (χ1n) is 11.0. The zero-order chi connectivity index (χ0) is 18.6. The molecule has 1 atom stereocenters. The van der Waals surface area contributed by atoms with Crippen molar-refractivity contribution in [2.24, 2.45) is 5.92 Å². The van der Waals surface area contributed by atoms with Crippen molar-refractivity contribution in [2.75, 3.05) is 6.54 Å². The quantitative estimate of drug-likeness (QED) is 0.359. The maximum absolute atomic E-state index is 2.56. The summed E-state index contributed by atoms with van der Waals surface area (Å²) in [6.07, 6.45) is 17.7. The summed E-state index contributed by atoms with van der Waals surface area (Å²) in [7, 11) is 0. The maximum Gasteiger partial charge on any atom is 0.103 e. The summed E-state index contributed by atoms with van der Waals surface area (Å²) in [6, 6.07) is 10.8. The Balaban J connectivity index is 1.66. The lowest BCUT2D eigenvalue weighted by Gasteiger charge is -2.36. The second-order valence-corrected chi connectivity index (χ2v) is 8.18. The summed E-state index contributed by atoms with van der Waals surface area (Å²) in [5.74, 6) is 0.632. The van der Waals surface area contributed by atoms with Crippen LogP contribution in [0.5, 0.6) is 0 Å². The zero-order valence-corrected chi connectivity index (χ0v) is 17.4. The van der Waals surface area contributed by atoms with Gasteiger partial charge in [-0.15, -0.1) is 0 Å². The van der Waals surface area contributed by atoms with Crippen LogP contribution < -0.4 is 0 Å². The van der Waals surface area contributed by atoms with Gasteiger partial charge >= 0.3 is 0 Å². The Morgan fingerprint density at radius 3 is 1.96 bits per heavy atom. The minimum Gasteiger partial charge on any atom is -0.356 e. The highest BCUT2D eigenvalue weighted by Crippen LogP contribution is 2.25. The fraction of sp³-hybridized carbons (Fsp3) is 0.667. The van der Waals surface area contributed by atoms with Gasteiger partial charge in [-0.1, -0.05) is 102 Å². The normalized spacial score (nSPS) is 16.8. The van der Waals surface area contributed by atoms with Crippen molar-refractivity contribution in [3.8, 4) is 0 Å². The Labute approximate surface area is 162 Å². The molecule has 0 saturated heterocycles. The van der Waals surface area contributed by atoms with E-state index in [1.54, 1.807) is 0 Å². The zero-order valence-electron chi connectivity index (χ0n) is 17.4. The molecule has 0 aromatic heterocycles. The maximum atomic E-state index is 2.56. The smallest absolute Gasteiger partial charge is 0.103 e. The highest BCUT2D eigenvalue weighted by atomic mass is 15.4. The van der Waals surface area contributed by atoms with Crippen LogP contribution in [0.2, 0.25) is 0 Å². The molecule has 0 aliphatic carbocycles. The summed E-state index contributed by atoms with van der Waals surface area (Å²) in [5.41, 5.74) is 1.40. The molecule has 2 rings (SSSR count). The highest BCUT2D eigenvalue weighted by Gasteiger charge is 2.28. The lowest BCUT2D eigenvalue weighted by molar-refractivity contribution is 0.100. The predicted octanol–water partition coefficient (Wildman–Crippen LogP) is 6.79. The van der Waals surface area contributed by atoms with E-state index in [0.29, 0.717) is 12.1 Å². The van der Waals surface area contributed by atoms with Crippen LogP contribution in [0.15, 0.2) is 42.7 Å². The van der Waals surface area contributed by atoms with Gasteiger partial charge < -0.3 is 9.80 Å². The van der Waals surface area contributed by atoms with Gasteiger partial charge in [0.1, 0.15) is 6.17 Å². The van der Waals surface area contributed by atoms with E-state index in [2.05, 4.69) is 73.3 Å². The van der Waals surface area contributed by atoms with Crippen molar-refractivity contribution < 1.29 is 0 Å². The lowest BCUT2D eigenvalue weighted by atomic mass is 10.1. The molecule has 0 fully saturated rings. The van der Waals surface area contributed by atoms with Gasteiger partial charge in [0.05, 0.1) is 0 Å². The number of rotatable bonds is 13. The van der Waals surface area contributed by atoms with Crippen LogP contribution in [0.3, 0.4) is 0 Å². The fourth-order valence-corrected chi connectivity index (χ4v) is 4.06. The highest BCUT2D eigenvalue weighted by molar-refractivity contribution is 5.16. The minimum atomic E-state index is 0.504. The van der Waals surface area contributed by atoms with Gasteiger partial charge in [0, 0.05) is 25.5 Å². The molecule has 0 amide bonds. The van der Waals surface area contributed by atoms with Crippen LogP contribution in [0.4, 0.5) is 0 Å². The van der Waals surface area contributed by atoms with Crippen LogP contribution in [-0.2, 0) is 6.54 Å². The van der Waals surface area contributed by atoms with Crippen LogP contribution >= 0.6 is 0 Å². The van der Waals surface area contributed by atoms with E-state index < -0.39 is 0 Å². The molecule has 1 aliphatic rings. The van der Waals surface area contributed by atoms with Gasteiger partial charge in [0.2, 0.25) is 0 Å². The lowest BCUT2D eigenvalue weighted by Crippen LogP contribution is -2.42. The largest absolute Gasteiger partial charge is 0.356 e. The molecule has 0 saturated carbocycles. The van der Waals surface area contributed by atoms with Crippen LogP contribution in [0.1, 0.15) is 84.1 Å². The Bertz CT molecular complexity index is 494. The Kier molecular flexibility index (Phi) is 9.66. The summed E-state index contributed by atoms with van der Waals surface area (Å²) in [4.78, 5) is 5.07. The van der Waals surface area contributed by atoms with Gasteiger partial charge in [-0.3, -0.25) is 0 Å². The average molecular weight is 357 g/mol. The third-order valence-electron chi connectivity index (χ3n) is 5.45. The third-order valence-corrected chi connectivity index (χ3v) is 5.45. The number of benzene rings is 1. The molecule has 1 aliphatic heterocycles. The second-order valence-electron chi connectivity index (χ2n) is 8.18. The van der Waals surface area contributed by atoms with E-state index >= 15 is 0 Å². The van der Waals surface area contributed by atoms with Crippen molar-refractivity contribution in [3.05, 3.63) is 48.3 Å². The molecular formula is C24H40N2. The molecule has 0 N–H and O–H groups in total. The summed E-state index contributed by atoms with van der Waals surface area (Å²) >= 11 is 0. The second kappa shape index (κ2) is 12.0. The molecule has 1 aromatic rings. The number of hydrogen-bond acceptors (Lipinski definition) is 2. The van der Waals surface area contributed by atoms with Crippen LogP contribution in [0.25, 0.3) is 0 Å². The molecular weight excluding hydrogens is 316 g/mol. The number of nitrogens with zero attached hydrogens (tertiary/aromatic N) is 2. The Morgan fingerprint density at radius 2 is 1.35 bits per heavy atom. The van der Waals surface area contributed by atoms with E-state index in [1.165, 1.54) is 69.9 Å². The Morgan fingerprint density at radius 1 is 0.769 bits per heavy atom. The molecule has 1 heterocycles. The van der Waals surface area contributed by atoms with Gasteiger partial charge in [-0.2, -0.15) is 0 Å². The van der Waals surface area contributed by atoms with Crippen molar-refractivity contribution >= 4 is 0 Å². The first kappa shape index (κ1) is 20.9. The Hall–Kier alpha value is -1.44. The minimum absolute atomic E-state index is 0.504. The summed E-state index contributed by atoms with van der Waals surface area (Å²) in [6.45, 7) is 9.19. The van der Waals surface area contributed by atoms with E-state index in [9.17, 15) is 0 Å². The van der Waals surface area contributed by atoms with Crippen molar-refractivity contribution in [3.63, 3.8) is 0 Å². The van der Waals surface area contributed by atoms with Crippen LogP contribution in [0, 0.1) is 5.92 Å². The third kappa shape index (κ3) is 7.05. The first-order valence-corrected chi connectivity index (χ1v) is 11.0. The van der Waals surface area contributed by atoms with Gasteiger partial charge in [-0.25, -0.2) is 0 Å². The predicted molar refractivity (Wildman–Crippen MR) is 114 cm³/mol. The SMILES string of the molecule is CCCCCCCCCCCN1C=CN(Cc2ccccc2)C1C(C)C. The molecule has 1 aromatic carbocycles. The molecule has 0 radical (unpaired) electrons. The summed E-state index contributed by atoms with van der Waals surface area (Å²) in [5, 5.41) is 0. The van der Waals surface area contributed by atoms with Gasteiger partial charge in [0.25, 0.3) is 0 Å². The molecule has 2 heteroatoms. The van der Waals surface area contributed by atoms with E-state index in [1.807, 2.05) is 0 Å². The van der Waals surface area contributed by atoms with E-state index in [0.717, 1.165) is 6.54 Å². The van der Waals surface area contributed by atoms with E-state index in [4.69, 9.17) is 0 Å². The molecule has 2 nitrogen and oxygen atoms in total. The molecule has 146 valence electrons. The molecule has 1 unspecified atom stereocenters. The fourth-order valence-electron chi connectivity index (χ4n) is 4.06. The first-order chi connectivity index (χ1) is 12.7. The monoisotopic (exact) mass is 356 g/mol. The van der Waals surface area contributed by atoms with Crippen molar-refractivity contribution in [1.82, 2.24) is 9.80 Å². The van der Waals surface area contributed by atoms with Crippen molar-refractivity contribution in [1.29, 1.82) is 0 Å². The molecule has 0 spiro atoms. The molecule has 26 heavy (non-hydrogen) atoms. The van der Waals surface area contributed by atoms with Gasteiger partial charge in [-0.05, 0) is 17.9 Å². The standard InChI is InChI=1S/C24H40N2/c1-4-5-6-7-8-9-10-11-15-18-25-19-20-26(24(25)22(2)3)21-23-16-13-12-14-17-23/h12-14,16-17,19-20,22,24H,4-11,15,18,21H2,1-3H3. The summed E-state index contributed by atoms with van der Waals surface area (Å²) < 4.78 is 0.